The van der Waals surface area contributed by atoms with E-state index in [2.05, 4.69) is 42.7 Å². The smallest absolute Gasteiger partial charge is 0.462 e. The molecule has 0 aromatic rings. The standard InChI is InChI=1S/C41H77O8P/c1-3-5-7-9-11-13-15-17-19-20-22-23-25-27-29-31-33-35-40(42)47-37-39(38-48-50(44,45)46)49-41(43)36-34-32-30-28-26-24-21-18-16-14-12-10-8-6-4-2/h17-19,21,39H,3-16,20,22-38H2,1-2H3,(H2,44,45,46)/b19-17+,21-18+/t39-/m1/s1. The molecule has 0 radical (unpaired) electrons. The lowest BCUT2D eigenvalue weighted by Crippen LogP contribution is -2.29. The average molecular weight is 729 g/mol. The van der Waals surface area contributed by atoms with Crippen molar-refractivity contribution in [3.05, 3.63) is 24.3 Å². The highest BCUT2D eigenvalue weighted by molar-refractivity contribution is 7.46. The summed E-state index contributed by atoms with van der Waals surface area (Å²) >= 11 is 0. The predicted octanol–water partition coefficient (Wildman–Crippen LogP) is 12.4. The molecule has 0 aliphatic rings. The topological polar surface area (TPSA) is 119 Å². The molecule has 0 bridgehead atoms. The number of hydrogen-bond acceptors (Lipinski definition) is 6. The molecular formula is C41H77O8P. The van der Waals surface area contributed by atoms with E-state index in [1.54, 1.807) is 0 Å². The Morgan fingerprint density at radius 2 is 0.840 bits per heavy atom. The zero-order chi connectivity index (χ0) is 36.8. The van der Waals surface area contributed by atoms with E-state index in [1.165, 1.54) is 109 Å². The highest BCUT2D eigenvalue weighted by Gasteiger charge is 2.22. The predicted molar refractivity (Wildman–Crippen MR) is 207 cm³/mol. The Bertz CT molecular complexity index is 869. The minimum absolute atomic E-state index is 0.203. The number of allylic oxidation sites excluding steroid dienone is 4. The molecule has 0 unspecified atom stereocenters. The maximum atomic E-state index is 12.4. The highest BCUT2D eigenvalue weighted by atomic mass is 31.2. The molecule has 0 aromatic carbocycles. The SMILES string of the molecule is CCCCCCCC/C=C/CCCCCCCCCC(=O)OC[C@H](COP(=O)(O)O)OC(=O)CCCCCCC/C=C/CCCCCCCC. The van der Waals surface area contributed by atoms with Gasteiger partial charge in [-0.15, -0.1) is 0 Å². The number of phosphoric acid groups is 1. The summed E-state index contributed by atoms with van der Waals surface area (Å²) in [6.45, 7) is 3.67. The Hall–Kier alpha value is -1.47. The number of rotatable bonds is 38. The third-order valence-corrected chi connectivity index (χ3v) is 9.43. The Balaban J connectivity index is 3.93. The van der Waals surface area contributed by atoms with Crippen molar-refractivity contribution >= 4 is 19.8 Å². The highest BCUT2D eigenvalue weighted by Crippen LogP contribution is 2.36. The molecule has 0 fully saturated rings. The van der Waals surface area contributed by atoms with Crippen LogP contribution in [-0.4, -0.2) is 41.0 Å². The lowest BCUT2D eigenvalue weighted by molar-refractivity contribution is -0.161. The van der Waals surface area contributed by atoms with Crippen molar-refractivity contribution in [1.82, 2.24) is 0 Å². The Labute approximate surface area is 307 Å². The molecule has 0 aliphatic heterocycles. The van der Waals surface area contributed by atoms with E-state index in [9.17, 15) is 14.2 Å². The molecule has 9 heteroatoms. The fourth-order valence-electron chi connectivity index (χ4n) is 5.83. The summed E-state index contributed by atoms with van der Waals surface area (Å²) in [6.07, 6.45) is 41.8. The van der Waals surface area contributed by atoms with Gasteiger partial charge < -0.3 is 19.3 Å². The number of carbonyl (C=O) groups is 2. The monoisotopic (exact) mass is 729 g/mol. The van der Waals surface area contributed by atoms with Crippen LogP contribution in [0.25, 0.3) is 0 Å². The molecule has 0 heterocycles. The van der Waals surface area contributed by atoms with Crippen molar-refractivity contribution in [2.24, 2.45) is 0 Å². The Morgan fingerprint density at radius 3 is 1.22 bits per heavy atom. The van der Waals surface area contributed by atoms with Gasteiger partial charge in [0, 0.05) is 12.8 Å². The molecule has 0 aromatic heterocycles. The minimum Gasteiger partial charge on any atom is -0.462 e. The number of esters is 2. The van der Waals surface area contributed by atoms with E-state index < -0.39 is 32.5 Å². The zero-order valence-corrected chi connectivity index (χ0v) is 33.2. The van der Waals surface area contributed by atoms with Crippen LogP contribution in [0.1, 0.15) is 206 Å². The third-order valence-electron chi connectivity index (χ3n) is 8.94. The number of ether oxygens (including phenoxy) is 2. The molecule has 0 amide bonds. The second-order valence-electron chi connectivity index (χ2n) is 14.0. The number of phosphoric ester groups is 1. The maximum Gasteiger partial charge on any atom is 0.469 e. The second kappa shape index (κ2) is 37.3. The van der Waals surface area contributed by atoms with Gasteiger partial charge in [-0.2, -0.15) is 0 Å². The first-order valence-electron chi connectivity index (χ1n) is 20.6. The van der Waals surface area contributed by atoms with Crippen LogP contribution in [-0.2, 0) is 28.2 Å². The molecule has 2 N–H and O–H groups in total. The van der Waals surface area contributed by atoms with Gasteiger partial charge in [0.1, 0.15) is 6.61 Å². The van der Waals surface area contributed by atoms with Gasteiger partial charge in [0.2, 0.25) is 0 Å². The molecule has 50 heavy (non-hydrogen) atoms. The van der Waals surface area contributed by atoms with Gasteiger partial charge in [-0.05, 0) is 64.2 Å². The summed E-state index contributed by atoms with van der Waals surface area (Å²) in [7, 11) is -4.75. The van der Waals surface area contributed by atoms with Gasteiger partial charge in [0.25, 0.3) is 0 Å². The third kappa shape index (κ3) is 39.3. The summed E-state index contributed by atoms with van der Waals surface area (Å²) < 4.78 is 26.4. The zero-order valence-electron chi connectivity index (χ0n) is 32.3. The van der Waals surface area contributed by atoms with Crippen molar-refractivity contribution in [3.8, 4) is 0 Å². The maximum absolute atomic E-state index is 12.4. The van der Waals surface area contributed by atoms with E-state index in [1.807, 2.05) is 0 Å². The minimum atomic E-state index is -4.75. The van der Waals surface area contributed by atoms with Gasteiger partial charge in [0.15, 0.2) is 6.10 Å². The first kappa shape index (κ1) is 48.5. The molecule has 0 rings (SSSR count). The summed E-state index contributed by atoms with van der Waals surface area (Å²) in [5.74, 6) is -0.894. The summed E-state index contributed by atoms with van der Waals surface area (Å²) in [5, 5.41) is 0. The van der Waals surface area contributed by atoms with Crippen LogP contribution in [0.15, 0.2) is 24.3 Å². The first-order valence-corrected chi connectivity index (χ1v) is 22.2. The molecule has 8 nitrogen and oxygen atoms in total. The van der Waals surface area contributed by atoms with E-state index >= 15 is 0 Å². The number of unbranched alkanes of at least 4 members (excludes halogenated alkanes) is 24. The summed E-state index contributed by atoms with van der Waals surface area (Å²) in [4.78, 5) is 42.8. The van der Waals surface area contributed by atoms with E-state index in [-0.39, 0.29) is 19.4 Å². The normalized spacial score (nSPS) is 12.6. The molecular weight excluding hydrogens is 651 g/mol. The quantitative estimate of drug-likeness (QED) is 0.0279. The van der Waals surface area contributed by atoms with Crippen molar-refractivity contribution in [3.63, 3.8) is 0 Å². The number of hydrogen-bond donors (Lipinski definition) is 2. The first-order chi connectivity index (χ1) is 24.3. The van der Waals surface area contributed by atoms with E-state index in [4.69, 9.17) is 19.3 Å². The lowest BCUT2D eigenvalue weighted by atomic mass is 10.1. The summed E-state index contributed by atoms with van der Waals surface area (Å²) in [5.41, 5.74) is 0. The van der Waals surface area contributed by atoms with E-state index in [0.29, 0.717) is 6.42 Å². The van der Waals surface area contributed by atoms with Crippen molar-refractivity contribution in [2.45, 2.75) is 213 Å². The molecule has 0 saturated heterocycles. The average Bonchev–Trinajstić information content (AvgIpc) is 3.08. The van der Waals surface area contributed by atoms with Gasteiger partial charge >= 0.3 is 19.8 Å². The molecule has 1 atom stereocenters. The molecule has 0 aliphatic carbocycles. The fraction of sp³-hybridized carbons (Fsp3) is 0.854. The lowest BCUT2D eigenvalue weighted by Gasteiger charge is -2.18. The second-order valence-corrected chi connectivity index (χ2v) is 15.2. The van der Waals surface area contributed by atoms with Gasteiger partial charge in [-0.3, -0.25) is 14.1 Å². The Morgan fingerprint density at radius 1 is 0.500 bits per heavy atom. The van der Waals surface area contributed by atoms with Crippen molar-refractivity contribution in [2.75, 3.05) is 13.2 Å². The van der Waals surface area contributed by atoms with Crippen LogP contribution in [0, 0.1) is 0 Å². The van der Waals surface area contributed by atoms with Crippen LogP contribution in [0.2, 0.25) is 0 Å². The largest absolute Gasteiger partial charge is 0.469 e. The van der Waals surface area contributed by atoms with Crippen LogP contribution in [0.5, 0.6) is 0 Å². The molecule has 294 valence electrons. The summed E-state index contributed by atoms with van der Waals surface area (Å²) in [6, 6.07) is 0. The van der Waals surface area contributed by atoms with Gasteiger partial charge in [-0.25, -0.2) is 4.57 Å². The fourth-order valence-corrected chi connectivity index (χ4v) is 6.19. The van der Waals surface area contributed by atoms with Gasteiger partial charge in [0.05, 0.1) is 6.61 Å². The molecule has 0 saturated carbocycles. The van der Waals surface area contributed by atoms with Crippen LogP contribution in [0.4, 0.5) is 0 Å². The Kier molecular flexibility index (Phi) is 36.2. The van der Waals surface area contributed by atoms with Crippen LogP contribution < -0.4 is 0 Å². The van der Waals surface area contributed by atoms with Crippen molar-refractivity contribution < 1.29 is 37.9 Å². The van der Waals surface area contributed by atoms with E-state index in [0.717, 1.165) is 64.2 Å². The number of carbonyl (C=O) groups excluding carboxylic acids is 2. The van der Waals surface area contributed by atoms with Gasteiger partial charge in [-0.1, -0.05) is 154 Å². The van der Waals surface area contributed by atoms with Crippen molar-refractivity contribution in [1.29, 1.82) is 0 Å². The van der Waals surface area contributed by atoms with Crippen LogP contribution in [0.3, 0.4) is 0 Å². The van der Waals surface area contributed by atoms with Crippen LogP contribution >= 0.6 is 7.82 Å². The molecule has 0 spiro atoms.